The first-order valence-electron chi connectivity index (χ1n) is 9.06. The number of hydrogen-bond acceptors (Lipinski definition) is 5. The van der Waals surface area contributed by atoms with Crippen LogP contribution < -0.4 is 14.2 Å². The topological polar surface area (TPSA) is 65.0 Å². The Balaban J connectivity index is 2.15. The maximum atomic E-state index is 12.1. The Bertz CT molecular complexity index is 854. The van der Waals surface area contributed by atoms with Crippen LogP contribution in [0.25, 0.3) is 11.1 Å². The summed E-state index contributed by atoms with van der Waals surface area (Å²) in [5, 5.41) is 9.57. The number of methoxy groups -OCH3 is 2. The van der Waals surface area contributed by atoms with Gasteiger partial charge in [-0.3, -0.25) is 4.79 Å². The van der Waals surface area contributed by atoms with Gasteiger partial charge < -0.3 is 19.3 Å². The van der Waals surface area contributed by atoms with Gasteiger partial charge in [-0.2, -0.15) is 0 Å². The molecule has 0 saturated heterocycles. The van der Waals surface area contributed by atoms with Crippen molar-refractivity contribution in [3.8, 4) is 28.4 Å². The molecular formula is C22H26O5. The van der Waals surface area contributed by atoms with Gasteiger partial charge in [-0.1, -0.05) is 32.0 Å². The molecule has 0 saturated carbocycles. The highest BCUT2D eigenvalue weighted by Gasteiger charge is 2.27. The molecule has 0 radical (unpaired) electrons. The SMILES string of the molecule is COc1ccc(-c2cccc3c2CCC3=O)c(OCC(C)(C)CO)c1OC. The number of Topliss-reactive ketones (excluding diaryl/α,β-unsaturated/α-hetero) is 1. The molecule has 1 aliphatic carbocycles. The fourth-order valence-corrected chi connectivity index (χ4v) is 3.31. The molecule has 5 nitrogen and oxygen atoms in total. The second-order valence-electron chi connectivity index (χ2n) is 7.54. The summed E-state index contributed by atoms with van der Waals surface area (Å²) in [6.45, 7) is 4.17. The number of carbonyl (C=O) groups excluding carboxylic acids is 1. The van der Waals surface area contributed by atoms with Crippen molar-refractivity contribution in [1.82, 2.24) is 0 Å². The van der Waals surface area contributed by atoms with Crippen LogP contribution in [0.1, 0.15) is 36.2 Å². The second-order valence-corrected chi connectivity index (χ2v) is 7.54. The van der Waals surface area contributed by atoms with E-state index < -0.39 is 5.41 Å². The maximum Gasteiger partial charge on any atom is 0.203 e. The fourth-order valence-electron chi connectivity index (χ4n) is 3.31. The van der Waals surface area contributed by atoms with Gasteiger partial charge in [0.05, 0.1) is 27.4 Å². The smallest absolute Gasteiger partial charge is 0.203 e. The maximum absolute atomic E-state index is 12.1. The van der Waals surface area contributed by atoms with E-state index in [4.69, 9.17) is 14.2 Å². The van der Waals surface area contributed by atoms with Crippen LogP contribution in [0.4, 0.5) is 0 Å². The lowest BCUT2D eigenvalue weighted by Crippen LogP contribution is -2.25. The molecule has 2 aromatic carbocycles. The Hall–Kier alpha value is -2.53. The summed E-state index contributed by atoms with van der Waals surface area (Å²) in [6.07, 6.45) is 1.26. The summed E-state index contributed by atoms with van der Waals surface area (Å²) >= 11 is 0. The number of aliphatic hydroxyl groups is 1. The molecule has 0 aromatic heterocycles. The molecule has 0 aliphatic heterocycles. The molecule has 3 rings (SSSR count). The molecule has 1 aliphatic rings. The summed E-state index contributed by atoms with van der Waals surface area (Å²) in [7, 11) is 3.16. The molecule has 0 bridgehead atoms. The van der Waals surface area contributed by atoms with Gasteiger partial charge in [-0.25, -0.2) is 0 Å². The van der Waals surface area contributed by atoms with Gasteiger partial charge in [0.15, 0.2) is 17.3 Å². The van der Waals surface area contributed by atoms with Crippen LogP contribution in [0.5, 0.6) is 17.2 Å². The number of rotatable bonds is 7. The number of fused-ring (bicyclic) bond motifs is 1. The minimum Gasteiger partial charge on any atom is -0.493 e. The van der Waals surface area contributed by atoms with Gasteiger partial charge in [0.25, 0.3) is 0 Å². The molecule has 1 N–H and O–H groups in total. The molecule has 144 valence electrons. The number of carbonyl (C=O) groups is 1. The Labute approximate surface area is 159 Å². The average Bonchev–Trinajstić information content (AvgIpc) is 3.06. The highest BCUT2D eigenvalue weighted by molar-refractivity contribution is 6.02. The lowest BCUT2D eigenvalue weighted by Gasteiger charge is -2.25. The average molecular weight is 370 g/mol. The van der Waals surface area contributed by atoms with Crippen LogP contribution in [0, 0.1) is 5.41 Å². The van der Waals surface area contributed by atoms with Gasteiger partial charge in [0, 0.05) is 23.0 Å². The predicted octanol–water partition coefficient (Wildman–Crippen LogP) is 3.90. The highest BCUT2D eigenvalue weighted by Crippen LogP contribution is 2.47. The zero-order chi connectivity index (χ0) is 19.6. The third-order valence-electron chi connectivity index (χ3n) is 4.90. The van der Waals surface area contributed by atoms with Gasteiger partial charge in [-0.15, -0.1) is 0 Å². The molecule has 0 spiro atoms. The molecule has 27 heavy (non-hydrogen) atoms. The van der Waals surface area contributed by atoms with Crippen molar-refractivity contribution in [3.63, 3.8) is 0 Å². The zero-order valence-corrected chi connectivity index (χ0v) is 16.3. The molecule has 2 aromatic rings. The summed E-state index contributed by atoms with van der Waals surface area (Å²) < 4.78 is 17.2. The monoisotopic (exact) mass is 370 g/mol. The molecule has 0 unspecified atom stereocenters. The fraction of sp³-hybridized carbons (Fsp3) is 0.409. The lowest BCUT2D eigenvalue weighted by atomic mass is 9.94. The van der Waals surface area contributed by atoms with Crippen molar-refractivity contribution in [3.05, 3.63) is 41.5 Å². The largest absolute Gasteiger partial charge is 0.493 e. The molecule has 0 heterocycles. The van der Waals surface area contributed by atoms with E-state index in [2.05, 4.69) is 0 Å². The van der Waals surface area contributed by atoms with Gasteiger partial charge in [-0.05, 0) is 29.7 Å². The first-order chi connectivity index (χ1) is 12.9. The Morgan fingerprint density at radius 1 is 0.963 bits per heavy atom. The Morgan fingerprint density at radius 3 is 2.37 bits per heavy atom. The van der Waals surface area contributed by atoms with Gasteiger partial charge in [0.1, 0.15) is 0 Å². The first-order valence-corrected chi connectivity index (χ1v) is 9.06. The van der Waals surface area contributed by atoms with Crippen LogP contribution in [0.2, 0.25) is 0 Å². The van der Waals surface area contributed by atoms with E-state index in [0.29, 0.717) is 30.3 Å². The van der Waals surface area contributed by atoms with Crippen LogP contribution in [-0.4, -0.2) is 38.3 Å². The van der Waals surface area contributed by atoms with Crippen LogP contribution in [0.15, 0.2) is 30.3 Å². The summed E-state index contributed by atoms with van der Waals surface area (Å²) in [5.74, 6) is 1.81. The zero-order valence-electron chi connectivity index (χ0n) is 16.3. The third kappa shape index (κ3) is 3.65. The third-order valence-corrected chi connectivity index (χ3v) is 4.90. The number of aliphatic hydroxyl groups excluding tert-OH is 1. The van der Waals surface area contributed by atoms with Crippen molar-refractivity contribution in [2.45, 2.75) is 26.7 Å². The van der Waals surface area contributed by atoms with Crippen molar-refractivity contribution in [2.24, 2.45) is 5.41 Å². The summed E-state index contributed by atoms with van der Waals surface area (Å²) in [6, 6.07) is 9.55. The van der Waals surface area contributed by atoms with E-state index in [1.807, 2.05) is 44.2 Å². The van der Waals surface area contributed by atoms with E-state index >= 15 is 0 Å². The van der Waals surface area contributed by atoms with Crippen molar-refractivity contribution in [2.75, 3.05) is 27.4 Å². The minimum absolute atomic E-state index is 0.00382. The minimum atomic E-state index is -0.403. The standard InChI is InChI=1S/C22H26O5/c1-22(2,12-23)13-27-20-17(9-11-19(25-3)21(20)26-4)14-6-5-7-16-15(14)8-10-18(16)24/h5-7,9,11,23H,8,10,12-13H2,1-4H3. The van der Waals surface area contributed by atoms with E-state index in [1.54, 1.807) is 14.2 Å². The summed E-state index contributed by atoms with van der Waals surface area (Å²) in [5.41, 5.74) is 3.24. The van der Waals surface area contributed by atoms with Crippen molar-refractivity contribution >= 4 is 5.78 Å². The number of ketones is 1. The van der Waals surface area contributed by atoms with E-state index in [1.165, 1.54) is 0 Å². The number of ether oxygens (including phenoxy) is 3. The Kier molecular flexibility index (Phi) is 5.42. The summed E-state index contributed by atoms with van der Waals surface area (Å²) in [4.78, 5) is 12.1. The van der Waals surface area contributed by atoms with Crippen molar-refractivity contribution in [1.29, 1.82) is 0 Å². The number of benzene rings is 2. The predicted molar refractivity (Wildman–Crippen MR) is 104 cm³/mol. The van der Waals surface area contributed by atoms with Crippen LogP contribution in [0.3, 0.4) is 0 Å². The molecule has 5 heteroatoms. The lowest BCUT2D eigenvalue weighted by molar-refractivity contribution is 0.0959. The van der Waals surface area contributed by atoms with Gasteiger partial charge in [0.2, 0.25) is 5.75 Å². The Morgan fingerprint density at radius 2 is 1.70 bits per heavy atom. The first kappa shape index (κ1) is 19.2. The van der Waals surface area contributed by atoms with Crippen LogP contribution in [-0.2, 0) is 6.42 Å². The molecule has 0 amide bonds. The van der Waals surface area contributed by atoms with Gasteiger partial charge >= 0.3 is 0 Å². The van der Waals surface area contributed by atoms with E-state index in [-0.39, 0.29) is 12.4 Å². The van der Waals surface area contributed by atoms with Crippen LogP contribution >= 0.6 is 0 Å². The quantitative estimate of drug-likeness (QED) is 0.801. The molecule has 0 atom stereocenters. The molecule has 0 fully saturated rings. The van der Waals surface area contributed by atoms with E-state index in [9.17, 15) is 9.90 Å². The second kappa shape index (κ2) is 7.61. The van der Waals surface area contributed by atoms with Crippen molar-refractivity contribution < 1.29 is 24.1 Å². The van der Waals surface area contributed by atoms with E-state index in [0.717, 1.165) is 28.7 Å². The molecular weight excluding hydrogens is 344 g/mol. The normalized spacial score (nSPS) is 13.4. The number of hydrogen-bond donors (Lipinski definition) is 1. The highest BCUT2D eigenvalue weighted by atomic mass is 16.5.